The molecule has 0 heterocycles. The third-order valence-corrected chi connectivity index (χ3v) is 3.58. The lowest BCUT2D eigenvalue weighted by atomic mass is 9.86. The first-order chi connectivity index (χ1) is 10.4. The molecule has 0 saturated heterocycles. The van der Waals surface area contributed by atoms with E-state index >= 15 is 0 Å². The van der Waals surface area contributed by atoms with E-state index in [0.29, 0.717) is 19.6 Å². The van der Waals surface area contributed by atoms with E-state index in [1.807, 2.05) is 24.3 Å². The van der Waals surface area contributed by atoms with Gasteiger partial charge in [-0.15, -0.1) is 0 Å². The second-order valence-electron chi connectivity index (χ2n) is 6.61. The Kier molecular flexibility index (Phi) is 7.82. The maximum atomic E-state index is 10.1. The molecule has 0 aliphatic heterocycles. The lowest BCUT2D eigenvalue weighted by Gasteiger charge is -2.24. The van der Waals surface area contributed by atoms with Crippen molar-refractivity contribution in [3.63, 3.8) is 0 Å². The summed E-state index contributed by atoms with van der Waals surface area (Å²) in [6.07, 6.45) is -0.638. The summed E-state index contributed by atoms with van der Waals surface area (Å²) in [6.45, 7) is 8.12. The lowest BCUT2D eigenvalue weighted by Crippen LogP contribution is -3.14. The van der Waals surface area contributed by atoms with Crippen LogP contribution in [0.3, 0.4) is 0 Å². The van der Waals surface area contributed by atoms with Gasteiger partial charge in [0, 0.05) is 0 Å². The second-order valence-corrected chi connectivity index (χ2v) is 6.61. The Morgan fingerprint density at radius 2 is 1.68 bits per heavy atom. The van der Waals surface area contributed by atoms with Gasteiger partial charge in [-0.1, -0.05) is 39.0 Å². The van der Waals surface area contributed by atoms with Gasteiger partial charge in [0.05, 0.1) is 13.2 Å². The molecule has 0 aromatic heterocycles. The third kappa shape index (κ3) is 6.32. The molecular weight excluding hydrogens is 282 g/mol. The van der Waals surface area contributed by atoms with E-state index in [1.165, 1.54) is 0 Å². The summed E-state index contributed by atoms with van der Waals surface area (Å²) in [5.41, 5.74) is 1.09. The van der Waals surface area contributed by atoms with Crippen molar-refractivity contribution in [1.29, 1.82) is 0 Å². The van der Waals surface area contributed by atoms with Crippen molar-refractivity contribution >= 4 is 0 Å². The molecule has 5 nitrogen and oxygen atoms in total. The molecule has 1 aromatic rings. The quantitative estimate of drug-likeness (QED) is 0.500. The normalized spacial score (nSPS) is 13.4. The van der Waals surface area contributed by atoms with Crippen LogP contribution in [0, 0.1) is 0 Å². The molecular formula is C17H30NO4+. The number of aliphatic hydroxyl groups is 3. The van der Waals surface area contributed by atoms with E-state index in [-0.39, 0.29) is 25.2 Å². The van der Waals surface area contributed by atoms with Crippen molar-refractivity contribution in [2.75, 3.05) is 39.5 Å². The third-order valence-electron chi connectivity index (χ3n) is 3.58. The molecule has 1 rings (SSSR count). The van der Waals surface area contributed by atoms with Crippen LogP contribution in [0.1, 0.15) is 26.3 Å². The number of hydrogen-bond donors (Lipinski definition) is 4. The van der Waals surface area contributed by atoms with Crippen LogP contribution < -0.4 is 9.64 Å². The van der Waals surface area contributed by atoms with E-state index in [2.05, 4.69) is 20.8 Å². The standard InChI is InChI=1S/C17H29NO4/c1-17(2,3)15-6-4-5-7-16(15)22-13-14(21)12-18(8-10-19)9-11-20/h4-7,14,19-21H,8-13H2,1-3H3/p+1/t14-/m1/s1. The smallest absolute Gasteiger partial charge is 0.137 e. The van der Waals surface area contributed by atoms with Crippen LogP contribution in [0.4, 0.5) is 0 Å². The number of nitrogens with one attached hydrogen (secondary N) is 1. The van der Waals surface area contributed by atoms with Gasteiger partial charge in [0.25, 0.3) is 0 Å². The highest BCUT2D eigenvalue weighted by atomic mass is 16.5. The topological polar surface area (TPSA) is 74.4 Å². The van der Waals surface area contributed by atoms with Crippen molar-refractivity contribution in [2.45, 2.75) is 32.3 Å². The van der Waals surface area contributed by atoms with Gasteiger partial charge in [-0.3, -0.25) is 0 Å². The highest BCUT2D eigenvalue weighted by Crippen LogP contribution is 2.30. The molecule has 5 heteroatoms. The summed E-state index contributed by atoms with van der Waals surface area (Å²) in [7, 11) is 0. The predicted octanol–water partition coefficient (Wildman–Crippen LogP) is -0.407. The van der Waals surface area contributed by atoms with Gasteiger partial charge in [-0.05, 0) is 17.0 Å². The van der Waals surface area contributed by atoms with Gasteiger partial charge < -0.3 is 25.0 Å². The van der Waals surface area contributed by atoms with Crippen molar-refractivity contribution in [3.05, 3.63) is 29.8 Å². The zero-order valence-corrected chi connectivity index (χ0v) is 13.9. The number of quaternary nitrogens is 1. The van der Waals surface area contributed by atoms with Crippen LogP contribution in [0.15, 0.2) is 24.3 Å². The van der Waals surface area contributed by atoms with E-state index in [0.717, 1.165) is 16.2 Å². The molecule has 0 amide bonds. The molecule has 0 spiro atoms. The van der Waals surface area contributed by atoms with E-state index < -0.39 is 6.10 Å². The van der Waals surface area contributed by atoms with Crippen LogP contribution >= 0.6 is 0 Å². The molecule has 0 bridgehead atoms. The first-order valence-electron chi connectivity index (χ1n) is 7.84. The number of benzene rings is 1. The van der Waals surface area contributed by atoms with Gasteiger partial charge in [-0.2, -0.15) is 0 Å². The molecule has 4 N–H and O–H groups in total. The number of rotatable bonds is 9. The molecule has 1 aromatic carbocycles. The first kappa shape index (κ1) is 18.9. The number of hydrogen-bond acceptors (Lipinski definition) is 4. The number of ether oxygens (including phenoxy) is 1. The van der Waals surface area contributed by atoms with E-state index in [1.54, 1.807) is 0 Å². The van der Waals surface area contributed by atoms with Gasteiger partial charge >= 0.3 is 0 Å². The Morgan fingerprint density at radius 3 is 2.23 bits per heavy atom. The fraction of sp³-hybridized carbons (Fsp3) is 0.647. The average Bonchev–Trinajstić information content (AvgIpc) is 2.45. The van der Waals surface area contributed by atoms with E-state index in [9.17, 15) is 5.11 Å². The zero-order chi connectivity index (χ0) is 16.6. The van der Waals surface area contributed by atoms with Crippen LogP contribution in [-0.4, -0.2) is 60.9 Å². The maximum Gasteiger partial charge on any atom is 0.137 e. The zero-order valence-electron chi connectivity index (χ0n) is 13.9. The van der Waals surface area contributed by atoms with Crippen molar-refractivity contribution < 1.29 is 25.0 Å². The minimum absolute atomic E-state index is 0.0212. The van der Waals surface area contributed by atoms with Crippen molar-refractivity contribution in [3.8, 4) is 5.75 Å². The van der Waals surface area contributed by atoms with Gasteiger partial charge in [-0.25, -0.2) is 0 Å². The molecule has 0 unspecified atom stereocenters. The van der Waals surface area contributed by atoms with Crippen molar-refractivity contribution in [1.82, 2.24) is 0 Å². The maximum absolute atomic E-state index is 10.1. The molecule has 0 fully saturated rings. The lowest BCUT2D eigenvalue weighted by molar-refractivity contribution is -0.903. The second kappa shape index (κ2) is 9.10. The molecule has 126 valence electrons. The Hall–Kier alpha value is -1.14. The largest absolute Gasteiger partial charge is 0.490 e. The first-order valence-corrected chi connectivity index (χ1v) is 7.84. The molecule has 22 heavy (non-hydrogen) atoms. The molecule has 1 atom stereocenters. The van der Waals surface area contributed by atoms with Gasteiger partial charge in [0.15, 0.2) is 0 Å². The SMILES string of the molecule is CC(C)(C)c1ccccc1OC[C@H](O)C[NH+](CCO)CCO. The Morgan fingerprint density at radius 1 is 1.09 bits per heavy atom. The van der Waals surface area contributed by atoms with E-state index in [4.69, 9.17) is 14.9 Å². The summed E-state index contributed by atoms with van der Waals surface area (Å²) in [6, 6.07) is 7.86. The summed E-state index contributed by atoms with van der Waals surface area (Å²) in [4.78, 5) is 0.963. The molecule has 0 saturated carbocycles. The molecule has 0 aliphatic rings. The monoisotopic (exact) mass is 312 g/mol. The fourth-order valence-electron chi connectivity index (χ4n) is 2.44. The van der Waals surface area contributed by atoms with Crippen LogP contribution in [-0.2, 0) is 5.41 Å². The Labute approximate surface area is 133 Å². The fourth-order valence-corrected chi connectivity index (χ4v) is 2.44. The summed E-state index contributed by atoms with van der Waals surface area (Å²) in [5.74, 6) is 0.792. The van der Waals surface area contributed by atoms with Crippen LogP contribution in [0.2, 0.25) is 0 Å². The summed E-state index contributed by atoms with van der Waals surface area (Å²) >= 11 is 0. The minimum atomic E-state index is -0.638. The minimum Gasteiger partial charge on any atom is -0.490 e. The molecule has 0 radical (unpaired) electrons. The Balaban J connectivity index is 2.59. The highest BCUT2D eigenvalue weighted by molar-refractivity contribution is 5.38. The molecule has 0 aliphatic carbocycles. The van der Waals surface area contributed by atoms with Gasteiger partial charge in [0.1, 0.15) is 38.1 Å². The van der Waals surface area contributed by atoms with Crippen LogP contribution in [0.5, 0.6) is 5.75 Å². The number of para-hydroxylation sites is 1. The summed E-state index contributed by atoms with van der Waals surface area (Å²) < 4.78 is 5.79. The predicted molar refractivity (Wildman–Crippen MR) is 86.4 cm³/mol. The van der Waals surface area contributed by atoms with Crippen LogP contribution in [0.25, 0.3) is 0 Å². The van der Waals surface area contributed by atoms with Gasteiger partial charge in [0.2, 0.25) is 0 Å². The Bertz CT molecular complexity index is 425. The highest BCUT2D eigenvalue weighted by Gasteiger charge is 2.20. The average molecular weight is 312 g/mol. The van der Waals surface area contributed by atoms with Crippen molar-refractivity contribution in [2.24, 2.45) is 0 Å². The number of aliphatic hydroxyl groups excluding tert-OH is 3. The summed E-state index contributed by atoms with van der Waals surface area (Å²) in [5, 5.41) is 28.1.